The summed E-state index contributed by atoms with van der Waals surface area (Å²) in [7, 11) is 0. The van der Waals surface area contributed by atoms with Gasteiger partial charge >= 0.3 is 6.18 Å². The minimum absolute atomic E-state index is 0.00444. The lowest BCUT2D eigenvalue weighted by Crippen LogP contribution is -2.45. The molecular weight excluding hydrogens is 371 g/mol. The van der Waals surface area contributed by atoms with Gasteiger partial charge in [0.25, 0.3) is 0 Å². The van der Waals surface area contributed by atoms with E-state index in [1.165, 1.54) is 6.20 Å². The maximum atomic E-state index is 13.0. The standard InChI is InChI=1S/C20H20F3N3O2/c21-20(22,23)15-6-8-24-18(10-15)25-12-16-17(13-25)28-9-7-19(27)26(16)11-14-4-2-1-3-5-14/h1-6,8,10,16-17H,7,9,11-13H2/t16-,17-/m0/s1. The molecule has 2 saturated heterocycles. The molecule has 4 rings (SSSR count). The average molecular weight is 391 g/mol. The summed E-state index contributed by atoms with van der Waals surface area (Å²) in [6.45, 7) is 1.55. The fraction of sp³-hybridized carbons (Fsp3) is 0.400. The first kappa shape index (κ1) is 18.7. The number of alkyl halides is 3. The quantitative estimate of drug-likeness (QED) is 0.807. The summed E-state index contributed by atoms with van der Waals surface area (Å²) in [5.41, 5.74) is 0.273. The highest BCUT2D eigenvalue weighted by Crippen LogP contribution is 2.33. The second kappa shape index (κ2) is 7.43. The zero-order chi connectivity index (χ0) is 19.7. The second-order valence-electron chi connectivity index (χ2n) is 7.04. The number of hydrogen-bond acceptors (Lipinski definition) is 4. The van der Waals surface area contributed by atoms with Crippen LogP contribution in [0.5, 0.6) is 0 Å². The number of rotatable bonds is 3. The van der Waals surface area contributed by atoms with E-state index in [9.17, 15) is 18.0 Å². The molecule has 0 N–H and O–H groups in total. The Morgan fingerprint density at radius 2 is 1.93 bits per heavy atom. The molecule has 0 aliphatic carbocycles. The van der Waals surface area contributed by atoms with Crippen molar-refractivity contribution in [2.45, 2.75) is 31.3 Å². The number of carbonyl (C=O) groups is 1. The summed E-state index contributed by atoms with van der Waals surface area (Å²) < 4.78 is 45.0. The van der Waals surface area contributed by atoms with E-state index in [4.69, 9.17) is 4.74 Å². The SMILES string of the molecule is O=C1CCO[C@H]2CN(c3cc(C(F)(F)F)ccn3)C[C@@H]2N1Cc1ccccc1. The molecule has 2 aliphatic heterocycles. The summed E-state index contributed by atoms with van der Waals surface area (Å²) >= 11 is 0. The maximum Gasteiger partial charge on any atom is 0.416 e. The largest absolute Gasteiger partial charge is 0.416 e. The molecule has 2 atom stereocenters. The summed E-state index contributed by atoms with van der Waals surface area (Å²) in [5.74, 6) is 0.244. The molecule has 1 amide bonds. The van der Waals surface area contributed by atoms with Crippen LogP contribution >= 0.6 is 0 Å². The van der Waals surface area contributed by atoms with Gasteiger partial charge in [-0.2, -0.15) is 13.2 Å². The third kappa shape index (κ3) is 3.82. The number of carbonyl (C=O) groups excluding carboxylic acids is 1. The van der Waals surface area contributed by atoms with Crippen molar-refractivity contribution in [1.82, 2.24) is 9.88 Å². The lowest BCUT2D eigenvalue weighted by atomic mass is 10.1. The molecular formula is C20H20F3N3O2. The molecule has 3 heterocycles. The van der Waals surface area contributed by atoms with Crippen LogP contribution < -0.4 is 4.90 Å². The van der Waals surface area contributed by atoms with Crippen molar-refractivity contribution in [1.29, 1.82) is 0 Å². The highest BCUT2D eigenvalue weighted by Gasteiger charge is 2.42. The number of nitrogens with zero attached hydrogens (tertiary/aromatic N) is 3. The Bertz CT molecular complexity index is 844. The van der Waals surface area contributed by atoms with E-state index in [2.05, 4.69) is 4.98 Å². The number of pyridine rings is 1. The Kier molecular flexibility index (Phi) is 4.97. The second-order valence-corrected chi connectivity index (χ2v) is 7.04. The maximum absolute atomic E-state index is 13.0. The van der Waals surface area contributed by atoms with E-state index in [1.807, 2.05) is 30.3 Å². The van der Waals surface area contributed by atoms with Crippen molar-refractivity contribution >= 4 is 11.7 Å². The van der Waals surface area contributed by atoms with E-state index in [1.54, 1.807) is 9.80 Å². The lowest BCUT2D eigenvalue weighted by Gasteiger charge is -2.29. The smallest absolute Gasteiger partial charge is 0.374 e. The highest BCUT2D eigenvalue weighted by atomic mass is 19.4. The highest BCUT2D eigenvalue weighted by molar-refractivity contribution is 5.77. The lowest BCUT2D eigenvalue weighted by molar-refractivity contribution is -0.137. The number of ether oxygens (including phenoxy) is 1. The van der Waals surface area contributed by atoms with Gasteiger partial charge in [-0.15, -0.1) is 0 Å². The molecule has 148 valence electrons. The summed E-state index contributed by atoms with van der Waals surface area (Å²) in [5, 5.41) is 0. The van der Waals surface area contributed by atoms with Crippen molar-refractivity contribution in [3.63, 3.8) is 0 Å². The molecule has 8 heteroatoms. The Morgan fingerprint density at radius 1 is 1.14 bits per heavy atom. The van der Waals surface area contributed by atoms with Crippen molar-refractivity contribution in [3.8, 4) is 0 Å². The van der Waals surface area contributed by atoms with Gasteiger partial charge in [0, 0.05) is 25.8 Å². The third-order valence-corrected chi connectivity index (χ3v) is 5.20. The molecule has 1 aromatic carbocycles. The van der Waals surface area contributed by atoms with Crippen LogP contribution in [-0.2, 0) is 22.3 Å². The number of hydrogen-bond donors (Lipinski definition) is 0. The van der Waals surface area contributed by atoms with Gasteiger partial charge in [-0.05, 0) is 17.7 Å². The molecule has 2 fully saturated rings. The molecule has 0 spiro atoms. The van der Waals surface area contributed by atoms with E-state index in [-0.39, 0.29) is 23.9 Å². The number of halogens is 3. The Balaban J connectivity index is 1.57. The van der Waals surface area contributed by atoms with Gasteiger partial charge in [-0.25, -0.2) is 4.98 Å². The van der Waals surface area contributed by atoms with E-state index in [0.717, 1.165) is 17.7 Å². The number of benzene rings is 1. The van der Waals surface area contributed by atoms with Crippen LogP contribution in [0.2, 0.25) is 0 Å². The molecule has 2 aliphatic rings. The van der Waals surface area contributed by atoms with Crippen molar-refractivity contribution in [2.24, 2.45) is 0 Å². The molecule has 2 aromatic rings. The van der Waals surface area contributed by atoms with E-state index >= 15 is 0 Å². The van der Waals surface area contributed by atoms with Gasteiger partial charge in [0.05, 0.1) is 30.7 Å². The predicted octanol–water partition coefficient (Wildman–Crippen LogP) is 3.11. The van der Waals surface area contributed by atoms with Gasteiger partial charge in [-0.1, -0.05) is 30.3 Å². The molecule has 0 radical (unpaired) electrons. The topological polar surface area (TPSA) is 45.7 Å². The molecule has 0 bridgehead atoms. The van der Waals surface area contributed by atoms with Gasteiger partial charge < -0.3 is 14.5 Å². The summed E-state index contributed by atoms with van der Waals surface area (Å²) in [4.78, 5) is 20.3. The van der Waals surface area contributed by atoms with Crippen LogP contribution in [0.4, 0.5) is 19.0 Å². The Labute approximate surface area is 160 Å². The fourth-order valence-corrected chi connectivity index (χ4v) is 3.79. The first-order chi connectivity index (χ1) is 13.4. The van der Waals surface area contributed by atoms with Crippen molar-refractivity contribution in [2.75, 3.05) is 24.6 Å². The van der Waals surface area contributed by atoms with Crippen LogP contribution in [0.1, 0.15) is 17.5 Å². The number of amides is 1. The van der Waals surface area contributed by atoms with E-state index in [0.29, 0.717) is 32.7 Å². The van der Waals surface area contributed by atoms with E-state index < -0.39 is 11.7 Å². The number of aromatic nitrogens is 1. The molecule has 0 unspecified atom stereocenters. The Hall–Kier alpha value is -2.61. The van der Waals surface area contributed by atoms with Gasteiger partial charge in [-0.3, -0.25) is 4.79 Å². The zero-order valence-corrected chi connectivity index (χ0v) is 15.1. The van der Waals surface area contributed by atoms with Crippen LogP contribution in [0.3, 0.4) is 0 Å². The zero-order valence-electron chi connectivity index (χ0n) is 15.1. The van der Waals surface area contributed by atoms with Gasteiger partial charge in [0.15, 0.2) is 0 Å². The Morgan fingerprint density at radius 3 is 2.68 bits per heavy atom. The van der Waals surface area contributed by atoms with Crippen LogP contribution in [-0.4, -0.2) is 47.6 Å². The third-order valence-electron chi connectivity index (χ3n) is 5.20. The minimum Gasteiger partial charge on any atom is -0.374 e. The van der Waals surface area contributed by atoms with Gasteiger partial charge in [0.2, 0.25) is 5.91 Å². The average Bonchev–Trinajstić information content (AvgIpc) is 3.04. The predicted molar refractivity (Wildman–Crippen MR) is 96.6 cm³/mol. The minimum atomic E-state index is -4.42. The number of anilines is 1. The number of fused-ring (bicyclic) bond motifs is 1. The molecule has 1 aromatic heterocycles. The molecule has 5 nitrogen and oxygen atoms in total. The normalized spacial score (nSPS) is 22.9. The first-order valence-electron chi connectivity index (χ1n) is 9.15. The van der Waals surface area contributed by atoms with Crippen molar-refractivity contribution in [3.05, 3.63) is 59.8 Å². The van der Waals surface area contributed by atoms with Crippen LogP contribution in [0.15, 0.2) is 48.7 Å². The summed E-state index contributed by atoms with van der Waals surface area (Å²) in [6, 6.07) is 11.4. The van der Waals surface area contributed by atoms with Gasteiger partial charge in [0.1, 0.15) is 5.82 Å². The van der Waals surface area contributed by atoms with Crippen LogP contribution in [0, 0.1) is 0 Å². The molecule has 28 heavy (non-hydrogen) atoms. The van der Waals surface area contributed by atoms with Crippen molar-refractivity contribution < 1.29 is 22.7 Å². The van der Waals surface area contributed by atoms with Crippen LogP contribution in [0.25, 0.3) is 0 Å². The first-order valence-corrected chi connectivity index (χ1v) is 9.15. The molecule has 0 saturated carbocycles. The monoisotopic (exact) mass is 391 g/mol. The fourth-order valence-electron chi connectivity index (χ4n) is 3.79. The summed E-state index contributed by atoms with van der Waals surface area (Å²) in [6.07, 6.45) is -3.21.